The highest BCUT2D eigenvalue weighted by molar-refractivity contribution is 7.80. The molecule has 1 nitrogen and oxygen atoms in total. The fourth-order valence-electron chi connectivity index (χ4n) is 0.924. The van der Waals surface area contributed by atoms with Crippen molar-refractivity contribution in [1.29, 1.82) is 0 Å². The molecule has 0 spiro atoms. The monoisotopic (exact) mass is 196 g/mol. The molecule has 0 aromatic heterocycles. The molecule has 0 saturated carbocycles. The molecule has 0 aliphatic heterocycles. The van der Waals surface area contributed by atoms with Crippen LogP contribution in [-0.4, -0.2) is 12.9 Å². The average molecular weight is 196 g/mol. The van der Waals surface area contributed by atoms with Crippen LogP contribution in [0.3, 0.4) is 0 Å². The van der Waals surface area contributed by atoms with Crippen molar-refractivity contribution >= 4 is 12.6 Å². The Bertz CT molecular complexity index is 352. The number of hydrogen-bond donors (Lipinski definition) is 1. The first kappa shape index (κ1) is 9.94. The lowest BCUT2D eigenvalue weighted by Gasteiger charge is -2.02. The number of benzene rings is 1. The molecule has 13 heavy (non-hydrogen) atoms. The first-order chi connectivity index (χ1) is 6.29. The lowest BCUT2D eigenvalue weighted by Crippen LogP contribution is -1.91. The predicted molar refractivity (Wildman–Crippen MR) is 53.7 cm³/mol. The van der Waals surface area contributed by atoms with Gasteiger partial charge in [0.15, 0.2) is 0 Å². The third-order valence-electron chi connectivity index (χ3n) is 1.49. The summed E-state index contributed by atoms with van der Waals surface area (Å²) in [5, 5.41) is 0. The molecule has 0 atom stereocenters. The molecule has 68 valence electrons. The van der Waals surface area contributed by atoms with Gasteiger partial charge in [-0.3, -0.25) is 0 Å². The Labute approximate surface area is 82.3 Å². The van der Waals surface area contributed by atoms with Crippen LogP contribution in [0.5, 0.6) is 5.75 Å². The van der Waals surface area contributed by atoms with Crippen LogP contribution < -0.4 is 4.74 Å². The Morgan fingerprint density at radius 3 is 2.92 bits per heavy atom. The normalized spacial score (nSPS) is 8.85. The van der Waals surface area contributed by atoms with Gasteiger partial charge in [0.05, 0.1) is 12.9 Å². The molecule has 3 heteroatoms. The van der Waals surface area contributed by atoms with Crippen molar-refractivity contribution < 1.29 is 9.13 Å². The fourth-order valence-corrected chi connectivity index (χ4v) is 1.00. The molecule has 0 aliphatic carbocycles. The molecule has 0 saturated heterocycles. The van der Waals surface area contributed by atoms with Crippen molar-refractivity contribution in [3.63, 3.8) is 0 Å². The standard InChI is InChI=1S/C10H9FOS/c1-12-10-6-2-5-9(11)8(10)4-3-7-13/h2,5-6,13H,7H2,1H3. The van der Waals surface area contributed by atoms with E-state index in [0.29, 0.717) is 17.1 Å². The van der Waals surface area contributed by atoms with E-state index in [1.807, 2.05) is 0 Å². The van der Waals surface area contributed by atoms with Crippen LogP contribution in [0.15, 0.2) is 18.2 Å². The minimum absolute atomic E-state index is 0.291. The van der Waals surface area contributed by atoms with E-state index in [0.717, 1.165) is 0 Å². The van der Waals surface area contributed by atoms with Crippen molar-refractivity contribution in [1.82, 2.24) is 0 Å². The molecular formula is C10H9FOS. The van der Waals surface area contributed by atoms with E-state index < -0.39 is 0 Å². The number of hydrogen-bond acceptors (Lipinski definition) is 2. The molecule has 0 aliphatic rings. The average Bonchev–Trinajstić information content (AvgIpc) is 2.15. The highest BCUT2D eigenvalue weighted by atomic mass is 32.1. The van der Waals surface area contributed by atoms with Gasteiger partial charge in [-0.2, -0.15) is 12.6 Å². The molecule has 1 aromatic carbocycles. The third-order valence-corrected chi connectivity index (χ3v) is 1.65. The molecule has 0 unspecified atom stereocenters. The Hall–Kier alpha value is -1.14. The van der Waals surface area contributed by atoms with Crippen molar-refractivity contribution in [3.8, 4) is 17.6 Å². The molecule has 0 amide bonds. The predicted octanol–water partition coefficient (Wildman–Crippen LogP) is 2.12. The minimum atomic E-state index is -0.367. The summed E-state index contributed by atoms with van der Waals surface area (Å²) in [6, 6.07) is 4.61. The Kier molecular flexibility index (Phi) is 3.66. The lowest BCUT2D eigenvalue weighted by molar-refractivity contribution is 0.409. The third kappa shape index (κ3) is 2.40. The zero-order valence-corrected chi connectivity index (χ0v) is 8.07. The Balaban J connectivity index is 3.15. The lowest BCUT2D eigenvalue weighted by atomic mass is 10.2. The summed E-state index contributed by atoms with van der Waals surface area (Å²) in [4.78, 5) is 0. The SMILES string of the molecule is COc1cccc(F)c1C#CCS. The quantitative estimate of drug-likeness (QED) is 0.534. The number of rotatable bonds is 1. The van der Waals surface area contributed by atoms with Gasteiger partial charge in [0, 0.05) is 0 Å². The maximum atomic E-state index is 13.2. The van der Waals surface area contributed by atoms with E-state index in [-0.39, 0.29) is 5.82 Å². The summed E-state index contributed by atoms with van der Waals surface area (Å²) in [5.74, 6) is 5.82. The van der Waals surface area contributed by atoms with Crippen LogP contribution in [0.25, 0.3) is 0 Å². The topological polar surface area (TPSA) is 9.23 Å². The second-order valence-electron chi connectivity index (χ2n) is 2.28. The molecule has 0 bridgehead atoms. The maximum Gasteiger partial charge on any atom is 0.142 e. The largest absolute Gasteiger partial charge is 0.495 e. The Morgan fingerprint density at radius 2 is 2.31 bits per heavy atom. The summed E-state index contributed by atoms with van der Waals surface area (Å²) >= 11 is 3.91. The van der Waals surface area contributed by atoms with Gasteiger partial charge >= 0.3 is 0 Å². The van der Waals surface area contributed by atoms with Gasteiger partial charge in [0.1, 0.15) is 17.1 Å². The Morgan fingerprint density at radius 1 is 1.54 bits per heavy atom. The van der Waals surface area contributed by atoms with Crippen LogP contribution in [-0.2, 0) is 0 Å². The van der Waals surface area contributed by atoms with Crippen molar-refractivity contribution in [3.05, 3.63) is 29.6 Å². The minimum Gasteiger partial charge on any atom is -0.495 e. The van der Waals surface area contributed by atoms with Gasteiger partial charge in [0.2, 0.25) is 0 Å². The van der Waals surface area contributed by atoms with Gasteiger partial charge in [-0.15, -0.1) is 0 Å². The second kappa shape index (κ2) is 4.78. The van der Waals surface area contributed by atoms with Crippen molar-refractivity contribution in [2.24, 2.45) is 0 Å². The number of methoxy groups -OCH3 is 1. The zero-order valence-electron chi connectivity index (χ0n) is 7.17. The molecule has 1 rings (SSSR count). The van der Waals surface area contributed by atoms with Crippen LogP contribution in [0.1, 0.15) is 5.56 Å². The van der Waals surface area contributed by atoms with Crippen LogP contribution >= 0.6 is 12.6 Å². The number of thiol groups is 1. The van der Waals surface area contributed by atoms with Crippen LogP contribution in [0.4, 0.5) is 4.39 Å². The number of ether oxygens (including phenoxy) is 1. The first-order valence-corrected chi connectivity index (χ1v) is 4.35. The van der Waals surface area contributed by atoms with Gasteiger partial charge in [-0.1, -0.05) is 17.9 Å². The van der Waals surface area contributed by atoms with Gasteiger partial charge in [-0.05, 0) is 12.1 Å². The fraction of sp³-hybridized carbons (Fsp3) is 0.200. The molecule has 0 fully saturated rings. The maximum absolute atomic E-state index is 13.2. The van der Waals surface area contributed by atoms with E-state index in [9.17, 15) is 4.39 Å². The highest BCUT2D eigenvalue weighted by Crippen LogP contribution is 2.19. The zero-order chi connectivity index (χ0) is 9.68. The van der Waals surface area contributed by atoms with E-state index in [1.54, 1.807) is 12.1 Å². The smallest absolute Gasteiger partial charge is 0.142 e. The van der Waals surface area contributed by atoms with Crippen molar-refractivity contribution in [2.75, 3.05) is 12.9 Å². The summed E-state index contributed by atoms with van der Waals surface area (Å²) in [5.41, 5.74) is 0.291. The molecule has 0 radical (unpaired) electrons. The summed E-state index contributed by atoms with van der Waals surface area (Å²) in [7, 11) is 1.49. The summed E-state index contributed by atoms with van der Waals surface area (Å²) in [6.45, 7) is 0. The van der Waals surface area contributed by atoms with E-state index >= 15 is 0 Å². The van der Waals surface area contributed by atoms with E-state index in [1.165, 1.54) is 13.2 Å². The molecular weight excluding hydrogens is 187 g/mol. The van der Waals surface area contributed by atoms with E-state index in [4.69, 9.17) is 4.74 Å². The molecule has 0 N–H and O–H groups in total. The van der Waals surface area contributed by atoms with Gasteiger partial charge in [0.25, 0.3) is 0 Å². The first-order valence-electron chi connectivity index (χ1n) is 3.72. The van der Waals surface area contributed by atoms with Crippen molar-refractivity contribution in [2.45, 2.75) is 0 Å². The molecule has 0 heterocycles. The number of halogens is 1. The molecule has 1 aromatic rings. The van der Waals surface area contributed by atoms with Crippen LogP contribution in [0, 0.1) is 17.7 Å². The van der Waals surface area contributed by atoms with Gasteiger partial charge < -0.3 is 4.74 Å². The second-order valence-corrected chi connectivity index (χ2v) is 2.59. The summed E-state index contributed by atoms with van der Waals surface area (Å²) in [6.07, 6.45) is 0. The van der Waals surface area contributed by atoms with E-state index in [2.05, 4.69) is 24.5 Å². The summed E-state index contributed by atoms with van der Waals surface area (Å²) < 4.78 is 18.1. The highest BCUT2D eigenvalue weighted by Gasteiger charge is 2.04. The van der Waals surface area contributed by atoms with Gasteiger partial charge in [-0.25, -0.2) is 4.39 Å². The van der Waals surface area contributed by atoms with Crippen LogP contribution in [0.2, 0.25) is 0 Å².